The Hall–Kier alpha value is -6.77. The van der Waals surface area contributed by atoms with Crippen LogP contribution in [0.3, 0.4) is 0 Å². The van der Waals surface area contributed by atoms with Gasteiger partial charge in [0.1, 0.15) is 6.17 Å². The first-order chi connectivity index (χ1) is 27.0. The third-order valence-electron chi connectivity index (χ3n) is 11.5. The molecular weight excluding hydrogens is 665 g/mol. The summed E-state index contributed by atoms with van der Waals surface area (Å²) in [6.45, 7) is 4.69. The highest BCUT2D eigenvalue weighted by Crippen LogP contribution is 2.49. The van der Waals surface area contributed by atoms with Crippen molar-refractivity contribution in [1.29, 1.82) is 0 Å². The van der Waals surface area contributed by atoms with E-state index >= 15 is 0 Å². The molecule has 0 saturated heterocycles. The van der Waals surface area contributed by atoms with Crippen molar-refractivity contribution in [2.75, 3.05) is 0 Å². The zero-order valence-electron chi connectivity index (χ0n) is 31.0. The molecule has 1 N–H and O–H groups in total. The molecule has 10 rings (SSSR count). The van der Waals surface area contributed by atoms with Crippen molar-refractivity contribution in [3.05, 3.63) is 222 Å². The van der Waals surface area contributed by atoms with E-state index in [2.05, 4.69) is 213 Å². The van der Waals surface area contributed by atoms with Crippen molar-refractivity contribution < 1.29 is 0 Å². The largest absolute Gasteiger partial charge is 0.360 e. The Labute approximate surface area is 323 Å². The van der Waals surface area contributed by atoms with Gasteiger partial charge in [-0.15, -0.1) is 0 Å². The van der Waals surface area contributed by atoms with Gasteiger partial charge in [0.2, 0.25) is 0 Å². The lowest BCUT2D eigenvalue weighted by Gasteiger charge is -2.26. The number of rotatable bonds is 6. The molecule has 8 aromatic carbocycles. The van der Waals surface area contributed by atoms with Gasteiger partial charge in [-0.05, 0) is 108 Å². The summed E-state index contributed by atoms with van der Waals surface area (Å²) in [4.78, 5) is 5.43. The van der Waals surface area contributed by atoms with Gasteiger partial charge >= 0.3 is 0 Å². The monoisotopic (exact) mass is 704 g/mol. The highest BCUT2D eigenvalue weighted by molar-refractivity contribution is 6.14. The lowest BCUT2D eigenvalue weighted by molar-refractivity contribution is 0.660. The SMILES string of the molecule is CC1(C)c2ccccc2-c2ccc(-c3cccc(C4=CC(c5ccc(-c6ccccc6)c(-c6ccccc6)c5)=NC(c5ccc6ccccc6c5)N4)c3)cc21. The summed E-state index contributed by atoms with van der Waals surface area (Å²) in [6, 6.07) is 68.1. The number of allylic oxidation sites excluding steroid dienone is 1. The summed E-state index contributed by atoms with van der Waals surface area (Å²) >= 11 is 0. The quantitative estimate of drug-likeness (QED) is 0.183. The minimum absolute atomic E-state index is 0.0555. The van der Waals surface area contributed by atoms with Gasteiger partial charge in [0.05, 0.1) is 5.71 Å². The van der Waals surface area contributed by atoms with Crippen LogP contribution in [0.1, 0.15) is 47.8 Å². The Balaban J connectivity index is 1.09. The molecule has 2 heteroatoms. The molecule has 55 heavy (non-hydrogen) atoms. The van der Waals surface area contributed by atoms with Crippen LogP contribution in [0.4, 0.5) is 0 Å². The standard InChI is InChI=1S/C53H40N2/c1-53(2)48-23-12-11-22-45(48)46-29-26-40(33-49(46)53)39-20-13-21-41(30-39)50-34-51(55-52(54-50)43-25-24-35-14-9-10-19-38(35)31-43)42-27-28-44(36-15-5-3-6-16-36)47(32-42)37-17-7-4-8-18-37/h3-34,52,54H,1-2H3. The zero-order chi connectivity index (χ0) is 36.9. The topological polar surface area (TPSA) is 24.4 Å². The van der Waals surface area contributed by atoms with E-state index in [4.69, 9.17) is 4.99 Å². The highest BCUT2D eigenvalue weighted by Gasteiger charge is 2.35. The Morgan fingerprint density at radius 1 is 0.418 bits per heavy atom. The Morgan fingerprint density at radius 2 is 1.04 bits per heavy atom. The summed E-state index contributed by atoms with van der Waals surface area (Å²) in [6.07, 6.45) is 1.96. The van der Waals surface area contributed by atoms with Gasteiger partial charge in [-0.1, -0.05) is 178 Å². The van der Waals surface area contributed by atoms with Crippen LogP contribution in [0.25, 0.3) is 61.0 Å². The molecule has 1 aliphatic heterocycles. The highest BCUT2D eigenvalue weighted by atomic mass is 15.1. The van der Waals surface area contributed by atoms with E-state index in [0.717, 1.165) is 28.1 Å². The molecule has 0 aromatic heterocycles. The van der Waals surface area contributed by atoms with Crippen LogP contribution in [0, 0.1) is 0 Å². The van der Waals surface area contributed by atoms with E-state index in [-0.39, 0.29) is 11.6 Å². The van der Waals surface area contributed by atoms with Gasteiger partial charge < -0.3 is 5.32 Å². The summed E-state index contributed by atoms with van der Waals surface area (Å²) < 4.78 is 0. The average Bonchev–Trinajstić information content (AvgIpc) is 3.49. The minimum atomic E-state index is -0.267. The molecule has 0 bridgehead atoms. The van der Waals surface area contributed by atoms with Crippen LogP contribution in [0.2, 0.25) is 0 Å². The summed E-state index contributed by atoms with van der Waals surface area (Å²) in [5.74, 6) is 0. The normalized spacial score (nSPS) is 15.4. The first kappa shape index (κ1) is 32.8. The average molecular weight is 705 g/mol. The van der Waals surface area contributed by atoms with Gasteiger partial charge in [-0.2, -0.15) is 0 Å². The first-order valence-electron chi connectivity index (χ1n) is 19.1. The number of benzene rings is 8. The molecule has 1 atom stereocenters. The summed E-state index contributed by atoms with van der Waals surface area (Å²) in [7, 11) is 0. The molecule has 1 aliphatic carbocycles. The Kier molecular flexibility index (Phi) is 7.92. The molecule has 0 spiro atoms. The maximum atomic E-state index is 5.43. The van der Waals surface area contributed by atoms with Crippen LogP contribution in [0.5, 0.6) is 0 Å². The molecule has 8 aromatic rings. The van der Waals surface area contributed by atoms with Crippen LogP contribution in [-0.2, 0) is 5.41 Å². The van der Waals surface area contributed by atoms with Gasteiger partial charge in [0, 0.05) is 16.7 Å². The van der Waals surface area contributed by atoms with E-state index in [9.17, 15) is 0 Å². The minimum Gasteiger partial charge on any atom is -0.360 e. The molecule has 2 nitrogen and oxygen atoms in total. The molecule has 0 amide bonds. The fourth-order valence-corrected chi connectivity index (χ4v) is 8.57. The second-order valence-corrected chi connectivity index (χ2v) is 15.2. The summed E-state index contributed by atoms with van der Waals surface area (Å²) in [5, 5.41) is 6.28. The number of nitrogens with one attached hydrogen (secondary N) is 1. The predicted molar refractivity (Wildman–Crippen MR) is 231 cm³/mol. The second kappa shape index (κ2) is 13.3. The fraction of sp³-hybridized carbons (Fsp3) is 0.0755. The van der Waals surface area contributed by atoms with Crippen molar-refractivity contribution >= 4 is 22.2 Å². The lowest BCUT2D eigenvalue weighted by atomic mass is 9.81. The molecule has 0 radical (unpaired) electrons. The van der Waals surface area contributed by atoms with Gasteiger partial charge in [-0.25, -0.2) is 0 Å². The van der Waals surface area contributed by atoms with Crippen molar-refractivity contribution in [2.24, 2.45) is 4.99 Å². The van der Waals surface area contributed by atoms with Crippen LogP contribution >= 0.6 is 0 Å². The first-order valence-corrected chi connectivity index (χ1v) is 19.1. The molecular formula is C53H40N2. The lowest BCUT2D eigenvalue weighted by Crippen LogP contribution is -2.25. The molecule has 1 unspecified atom stereocenters. The number of aliphatic imine (C=N–C) groups is 1. The predicted octanol–water partition coefficient (Wildman–Crippen LogP) is 13.3. The van der Waals surface area contributed by atoms with Crippen molar-refractivity contribution in [1.82, 2.24) is 5.32 Å². The summed E-state index contributed by atoms with van der Waals surface area (Å²) in [5.41, 5.74) is 17.9. The smallest absolute Gasteiger partial charge is 0.145 e. The van der Waals surface area contributed by atoms with E-state index < -0.39 is 0 Å². The molecule has 0 saturated carbocycles. The molecule has 262 valence electrons. The van der Waals surface area contributed by atoms with Crippen LogP contribution < -0.4 is 5.32 Å². The molecule has 2 aliphatic rings. The van der Waals surface area contributed by atoms with E-state index in [0.29, 0.717) is 0 Å². The van der Waals surface area contributed by atoms with Crippen molar-refractivity contribution in [3.63, 3.8) is 0 Å². The zero-order valence-corrected chi connectivity index (χ0v) is 31.0. The van der Waals surface area contributed by atoms with E-state index in [1.54, 1.807) is 0 Å². The third-order valence-corrected chi connectivity index (χ3v) is 11.5. The van der Waals surface area contributed by atoms with Gasteiger partial charge in [0.15, 0.2) is 0 Å². The Bertz CT molecular complexity index is 2810. The maximum absolute atomic E-state index is 5.43. The number of hydrogen-bond donors (Lipinski definition) is 1. The molecule has 1 heterocycles. The maximum Gasteiger partial charge on any atom is 0.145 e. The Morgan fingerprint density at radius 3 is 1.85 bits per heavy atom. The number of nitrogens with zero attached hydrogens (tertiary/aromatic N) is 1. The second-order valence-electron chi connectivity index (χ2n) is 15.2. The number of fused-ring (bicyclic) bond motifs is 4. The molecule has 0 fully saturated rings. The van der Waals surface area contributed by atoms with Crippen LogP contribution in [0.15, 0.2) is 199 Å². The van der Waals surface area contributed by atoms with Crippen molar-refractivity contribution in [3.8, 4) is 44.5 Å². The van der Waals surface area contributed by atoms with Crippen LogP contribution in [-0.4, -0.2) is 5.71 Å². The van der Waals surface area contributed by atoms with E-state index in [1.807, 2.05) is 0 Å². The third kappa shape index (κ3) is 5.88. The van der Waals surface area contributed by atoms with E-state index in [1.165, 1.54) is 66.4 Å². The van der Waals surface area contributed by atoms with Gasteiger partial charge in [0.25, 0.3) is 0 Å². The van der Waals surface area contributed by atoms with Crippen molar-refractivity contribution in [2.45, 2.75) is 25.4 Å². The van der Waals surface area contributed by atoms with Gasteiger partial charge in [-0.3, -0.25) is 4.99 Å². The fourth-order valence-electron chi connectivity index (χ4n) is 8.57. The number of hydrogen-bond acceptors (Lipinski definition) is 2.